The summed E-state index contributed by atoms with van der Waals surface area (Å²) in [6, 6.07) is 8.97. The van der Waals surface area contributed by atoms with Crippen LogP contribution in [0, 0.1) is 0 Å². The molecular formula is C9H7IO2. The van der Waals surface area contributed by atoms with Gasteiger partial charge in [-0.15, -0.1) is 0 Å². The Balaban J connectivity index is 2.59. The third-order valence-electron chi connectivity index (χ3n) is 1.16. The van der Waals surface area contributed by atoms with E-state index in [4.69, 9.17) is 4.74 Å². The van der Waals surface area contributed by atoms with Gasteiger partial charge in [-0.05, 0) is 16.2 Å². The van der Waals surface area contributed by atoms with E-state index in [-0.39, 0.29) is 5.97 Å². The molecule has 1 aromatic carbocycles. The molecule has 0 amide bonds. The number of carbonyl (C=O) groups is 1. The lowest BCUT2D eigenvalue weighted by Gasteiger charge is -1.98. The fourth-order valence-electron chi connectivity index (χ4n) is 0.690. The first-order valence-corrected chi connectivity index (χ1v) is 4.61. The number of benzene rings is 1. The Labute approximate surface area is 84.4 Å². The number of para-hydroxylation sites is 1. The van der Waals surface area contributed by atoms with Crippen LogP contribution in [0.4, 0.5) is 0 Å². The summed E-state index contributed by atoms with van der Waals surface area (Å²) >= 11 is 1.96. The maximum absolute atomic E-state index is 10.9. The highest BCUT2D eigenvalue weighted by Gasteiger charge is 1.96. The van der Waals surface area contributed by atoms with Crippen LogP contribution in [0.25, 0.3) is 0 Å². The molecule has 1 aromatic rings. The standard InChI is InChI=1S/C9H7IO2/c10-7-6-9(11)12-8-4-2-1-3-5-8/h1-7H/b7-6-. The van der Waals surface area contributed by atoms with Gasteiger partial charge < -0.3 is 4.74 Å². The van der Waals surface area contributed by atoms with E-state index in [1.165, 1.54) is 6.08 Å². The average Bonchev–Trinajstić information content (AvgIpc) is 2.06. The molecule has 12 heavy (non-hydrogen) atoms. The molecule has 0 saturated heterocycles. The molecule has 0 fully saturated rings. The Bertz CT molecular complexity index is 280. The quantitative estimate of drug-likeness (QED) is 0.358. The highest BCUT2D eigenvalue weighted by atomic mass is 127. The second-order valence-corrected chi connectivity index (χ2v) is 2.75. The number of carbonyl (C=O) groups excluding carboxylic acids is 1. The summed E-state index contributed by atoms with van der Waals surface area (Å²) in [7, 11) is 0. The van der Waals surface area contributed by atoms with E-state index in [0.29, 0.717) is 5.75 Å². The average molecular weight is 274 g/mol. The Morgan fingerprint density at radius 1 is 1.33 bits per heavy atom. The van der Waals surface area contributed by atoms with Gasteiger partial charge in [-0.2, -0.15) is 0 Å². The first-order valence-electron chi connectivity index (χ1n) is 3.36. The molecule has 0 aliphatic carbocycles. The predicted molar refractivity (Wildman–Crippen MR) is 55.2 cm³/mol. The van der Waals surface area contributed by atoms with Gasteiger partial charge in [0.05, 0.1) is 0 Å². The summed E-state index contributed by atoms with van der Waals surface area (Å²) in [4.78, 5) is 10.9. The highest BCUT2D eigenvalue weighted by Crippen LogP contribution is 2.08. The molecule has 0 aliphatic heterocycles. The van der Waals surface area contributed by atoms with Gasteiger partial charge in [0.1, 0.15) is 5.75 Å². The molecule has 3 heteroatoms. The monoisotopic (exact) mass is 274 g/mol. The van der Waals surface area contributed by atoms with Gasteiger partial charge in [0.2, 0.25) is 0 Å². The van der Waals surface area contributed by atoms with Crippen molar-refractivity contribution in [3.05, 3.63) is 40.5 Å². The molecule has 0 saturated carbocycles. The zero-order valence-corrected chi connectivity index (χ0v) is 8.39. The van der Waals surface area contributed by atoms with Gasteiger partial charge in [-0.3, -0.25) is 0 Å². The third-order valence-corrected chi connectivity index (χ3v) is 1.52. The second kappa shape index (κ2) is 4.92. The summed E-state index contributed by atoms with van der Waals surface area (Å²) in [5.74, 6) is 0.215. The molecule has 0 heterocycles. The van der Waals surface area contributed by atoms with Gasteiger partial charge >= 0.3 is 5.97 Å². The lowest BCUT2D eigenvalue weighted by Crippen LogP contribution is -2.02. The van der Waals surface area contributed by atoms with Gasteiger partial charge in [-0.1, -0.05) is 40.8 Å². The van der Waals surface area contributed by atoms with Crippen molar-refractivity contribution < 1.29 is 9.53 Å². The summed E-state index contributed by atoms with van der Waals surface area (Å²) in [5.41, 5.74) is 0. The minimum absolute atomic E-state index is 0.351. The van der Waals surface area contributed by atoms with Crippen molar-refractivity contribution in [1.82, 2.24) is 0 Å². The van der Waals surface area contributed by atoms with E-state index in [9.17, 15) is 4.79 Å². The van der Waals surface area contributed by atoms with E-state index in [1.54, 1.807) is 16.2 Å². The molecular weight excluding hydrogens is 267 g/mol. The summed E-state index contributed by atoms with van der Waals surface area (Å²) in [5, 5.41) is 0. The lowest BCUT2D eigenvalue weighted by atomic mass is 10.3. The van der Waals surface area contributed by atoms with Crippen LogP contribution in [-0.2, 0) is 4.79 Å². The maximum atomic E-state index is 10.9. The summed E-state index contributed by atoms with van der Waals surface area (Å²) < 4.78 is 6.54. The molecule has 0 N–H and O–H groups in total. The van der Waals surface area contributed by atoms with E-state index in [0.717, 1.165) is 0 Å². The second-order valence-electron chi connectivity index (χ2n) is 2.03. The van der Waals surface area contributed by atoms with Crippen LogP contribution in [0.2, 0.25) is 0 Å². The molecule has 0 radical (unpaired) electrons. The fourth-order valence-corrected chi connectivity index (χ4v) is 0.984. The van der Waals surface area contributed by atoms with Crippen molar-refractivity contribution in [1.29, 1.82) is 0 Å². The zero-order valence-electron chi connectivity index (χ0n) is 6.24. The Morgan fingerprint density at radius 2 is 2.00 bits per heavy atom. The first-order chi connectivity index (χ1) is 5.83. The zero-order chi connectivity index (χ0) is 8.81. The number of hydrogen-bond acceptors (Lipinski definition) is 2. The largest absolute Gasteiger partial charge is 0.423 e. The maximum Gasteiger partial charge on any atom is 0.336 e. The first kappa shape index (κ1) is 9.25. The molecule has 0 bridgehead atoms. The van der Waals surface area contributed by atoms with Crippen LogP contribution < -0.4 is 4.74 Å². The van der Waals surface area contributed by atoms with E-state index in [2.05, 4.69) is 0 Å². The van der Waals surface area contributed by atoms with Crippen LogP contribution >= 0.6 is 22.6 Å². The molecule has 2 nitrogen and oxygen atoms in total. The van der Waals surface area contributed by atoms with Crippen LogP contribution in [0.5, 0.6) is 5.75 Å². The van der Waals surface area contributed by atoms with Crippen LogP contribution in [0.3, 0.4) is 0 Å². The molecule has 0 aliphatic rings. The van der Waals surface area contributed by atoms with Crippen LogP contribution in [0.15, 0.2) is 40.5 Å². The molecule has 1 rings (SSSR count). The van der Waals surface area contributed by atoms with Crippen molar-refractivity contribution in [2.24, 2.45) is 0 Å². The predicted octanol–water partition coefficient (Wildman–Crippen LogP) is 2.54. The smallest absolute Gasteiger partial charge is 0.336 e. The van der Waals surface area contributed by atoms with Crippen LogP contribution in [0.1, 0.15) is 0 Å². The van der Waals surface area contributed by atoms with Crippen molar-refractivity contribution in [2.45, 2.75) is 0 Å². The SMILES string of the molecule is O=C(/C=C\I)Oc1ccccc1. The summed E-state index contributed by atoms with van der Waals surface area (Å²) in [6.45, 7) is 0. The molecule has 62 valence electrons. The van der Waals surface area contributed by atoms with Crippen molar-refractivity contribution >= 4 is 28.6 Å². The van der Waals surface area contributed by atoms with Crippen molar-refractivity contribution in [2.75, 3.05) is 0 Å². The number of rotatable bonds is 2. The van der Waals surface area contributed by atoms with Gasteiger partial charge in [0, 0.05) is 6.08 Å². The summed E-state index contributed by atoms with van der Waals surface area (Å²) in [6.07, 6.45) is 1.37. The number of ether oxygens (including phenoxy) is 1. The van der Waals surface area contributed by atoms with E-state index >= 15 is 0 Å². The molecule has 0 aromatic heterocycles. The number of halogens is 1. The number of esters is 1. The van der Waals surface area contributed by atoms with Gasteiger partial charge in [0.15, 0.2) is 0 Å². The number of hydrogen-bond donors (Lipinski definition) is 0. The Morgan fingerprint density at radius 3 is 2.58 bits per heavy atom. The van der Waals surface area contributed by atoms with Crippen LogP contribution in [-0.4, -0.2) is 5.97 Å². The Hall–Kier alpha value is -0.840. The lowest BCUT2D eigenvalue weighted by molar-refractivity contribution is -0.128. The normalized spacial score (nSPS) is 10.1. The topological polar surface area (TPSA) is 26.3 Å². The van der Waals surface area contributed by atoms with Gasteiger partial charge in [0.25, 0.3) is 0 Å². The van der Waals surface area contributed by atoms with Crippen molar-refractivity contribution in [3.8, 4) is 5.75 Å². The molecule has 0 spiro atoms. The van der Waals surface area contributed by atoms with E-state index < -0.39 is 0 Å². The van der Waals surface area contributed by atoms with E-state index in [1.807, 2.05) is 40.8 Å². The molecule has 0 atom stereocenters. The third kappa shape index (κ3) is 3.04. The fraction of sp³-hybridized carbons (Fsp3) is 0. The van der Waals surface area contributed by atoms with Gasteiger partial charge in [-0.25, -0.2) is 4.79 Å². The minimum Gasteiger partial charge on any atom is -0.423 e. The van der Waals surface area contributed by atoms with Crippen molar-refractivity contribution in [3.63, 3.8) is 0 Å². The minimum atomic E-state index is -0.351. The Kier molecular flexibility index (Phi) is 3.79. The highest BCUT2D eigenvalue weighted by molar-refractivity contribution is 14.1. The molecule has 0 unspecified atom stereocenters.